The van der Waals surface area contributed by atoms with E-state index >= 15 is 0 Å². The number of nitro groups is 1. The van der Waals surface area contributed by atoms with Crippen molar-refractivity contribution < 1.29 is 27.6 Å². The van der Waals surface area contributed by atoms with Crippen LogP contribution in [-0.2, 0) is 14.8 Å². The molecule has 10 nitrogen and oxygen atoms in total. The van der Waals surface area contributed by atoms with E-state index in [-0.39, 0.29) is 23.5 Å². The maximum Gasteiger partial charge on any atom is 0.269 e. The number of anilines is 1. The van der Waals surface area contributed by atoms with Crippen LogP contribution in [0.2, 0.25) is 5.02 Å². The summed E-state index contributed by atoms with van der Waals surface area (Å²) in [5.41, 5.74) is 0.0904. The zero-order valence-corrected chi connectivity index (χ0v) is 17.0. The first-order valence-corrected chi connectivity index (χ1v) is 9.99. The number of sulfonamides is 1. The van der Waals surface area contributed by atoms with Crippen molar-refractivity contribution in [3.63, 3.8) is 0 Å². The second-order valence-electron chi connectivity index (χ2n) is 5.63. The molecule has 2 aromatic carbocycles. The van der Waals surface area contributed by atoms with Gasteiger partial charge in [0.05, 0.1) is 34.7 Å². The van der Waals surface area contributed by atoms with Crippen LogP contribution in [0.4, 0.5) is 11.4 Å². The van der Waals surface area contributed by atoms with Gasteiger partial charge in [0, 0.05) is 37.2 Å². The number of methoxy groups -OCH3 is 2. The molecule has 0 unspecified atom stereocenters. The van der Waals surface area contributed by atoms with Gasteiger partial charge < -0.3 is 14.8 Å². The number of non-ortho nitro benzene ring substituents is 1. The Morgan fingerprint density at radius 1 is 1.14 bits per heavy atom. The van der Waals surface area contributed by atoms with Gasteiger partial charge in [-0.15, -0.1) is 0 Å². The molecule has 0 aromatic heterocycles. The fraction of sp³-hybridized carbons (Fsp3) is 0.235. The Bertz CT molecular complexity index is 1010. The molecule has 0 radical (unpaired) electrons. The van der Waals surface area contributed by atoms with E-state index in [0.29, 0.717) is 22.2 Å². The van der Waals surface area contributed by atoms with E-state index in [2.05, 4.69) is 10.0 Å². The monoisotopic (exact) mass is 443 g/mol. The van der Waals surface area contributed by atoms with Gasteiger partial charge in [-0.3, -0.25) is 14.9 Å². The number of ether oxygens (including phenoxy) is 2. The molecule has 0 fully saturated rings. The third-order valence-corrected chi connectivity index (χ3v) is 5.52. The first kappa shape index (κ1) is 22.4. The summed E-state index contributed by atoms with van der Waals surface area (Å²) in [5.74, 6) is 0.177. The highest BCUT2D eigenvalue weighted by molar-refractivity contribution is 7.89. The molecule has 0 spiro atoms. The third-order valence-electron chi connectivity index (χ3n) is 3.75. The van der Waals surface area contributed by atoms with Crippen molar-refractivity contribution in [3.05, 3.63) is 51.5 Å². The van der Waals surface area contributed by atoms with Gasteiger partial charge in [0.2, 0.25) is 15.9 Å². The average molecular weight is 444 g/mol. The maximum atomic E-state index is 12.2. The van der Waals surface area contributed by atoms with Crippen LogP contribution in [-0.4, -0.2) is 40.0 Å². The van der Waals surface area contributed by atoms with Gasteiger partial charge in [-0.2, -0.15) is 0 Å². The number of rotatable bonds is 9. The van der Waals surface area contributed by atoms with E-state index in [1.54, 1.807) is 0 Å². The molecule has 156 valence electrons. The summed E-state index contributed by atoms with van der Waals surface area (Å²) in [4.78, 5) is 22.0. The number of nitrogens with zero attached hydrogens (tertiary/aromatic N) is 1. The van der Waals surface area contributed by atoms with E-state index in [0.717, 1.165) is 24.3 Å². The fourth-order valence-corrected chi connectivity index (χ4v) is 3.56. The van der Waals surface area contributed by atoms with Gasteiger partial charge in [0.15, 0.2) is 0 Å². The predicted octanol–water partition coefficient (Wildman–Crippen LogP) is 2.57. The number of nitrogens with one attached hydrogen (secondary N) is 2. The van der Waals surface area contributed by atoms with Gasteiger partial charge in [-0.1, -0.05) is 11.6 Å². The van der Waals surface area contributed by atoms with E-state index in [4.69, 9.17) is 21.1 Å². The minimum Gasteiger partial charge on any atom is -0.495 e. The molecule has 0 aliphatic heterocycles. The van der Waals surface area contributed by atoms with Gasteiger partial charge >= 0.3 is 0 Å². The van der Waals surface area contributed by atoms with Crippen LogP contribution in [0.1, 0.15) is 6.42 Å². The fourth-order valence-electron chi connectivity index (χ4n) is 2.30. The van der Waals surface area contributed by atoms with E-state index in [1.165, 1.54) is 26.4 Å². The molecule has 29 heavy (non-hydrogen) atoms. The van der Waals surface area contributed by atoms with Crippen LogP contribution in [0, 0.1) is 10.1 Å². The number of carbonyl (C=O) groups is 1. The molecular formula is C17H18ClN3O7S. The van der Waals surface area contributed by atoms with Crippen molar-refractivity contribution in [2.45, 2.75) is 11.3 Å². The van der Waals surface area contributed by atoms with Gasteiger partial charge in [-0.05, 0) is 12.1 Å². The van der Waals surface area contributed by atoms with Crippen LogP contribution in [0.15, 0.2) is 41.3 Å². The Hall–Kier alpha value is -2.89. The maximum absolute atomic E-state index is 12.2. The highest BCUT2D eigenvalue weighted by Gasteiger charge is 2.17. The van der Waals surface area contributed by atoms with Crippen molar-refractivity contribution in [1.82, 2.24) is 4.72 Å². The highest BCUT2D eigenvalue weighted by Crippen LogP contribution is 2.35. The summed E-state index contributed by atoms with van der Waals surface area (Å²) in [7, 11) is -1.08. The normalized spacial score (nSPS) is 11.0. The number of halogens is 1. The number of nitro benzene ring substituents is 1. The zero-order valence-electron chi connectivity index (χ0n) is 15.5. The van der Waals surface area contributed by atoms with Crippen LogP contribution in [0.25, 0.3) is 0 Å². The Labute approximate surface area is 172 Å². The van der Waals surface area contributed by atoms with Crippen molar-refractivity contribution >= 4 is 38.9 Å². The lowest BCUT2D eigenvalue weighted by Gasteiger charge is -2.13. The van der Waals surface area contributed by atoms with Crippen LogP contribution < -0.4 is 19.5 Å². The molecule has 12 heteroatoms. The summed E-state index contributed by atoms with van der Waals surface area (Å²) in [6, 6.07) is 7.37. The molecule has 2 N–H and O–H groups in total. The molecule has 0 saturated heterocycles. The Balaban J connectivity index is 1.98. The molecule has 0 aliphatic rings. The Morgan fingerprint density at radius 3 is 2.31 bits per heavy atom. The van der Waals surface area contributed by atoms with E-state index in [9.17, 15) is 23.3 Å². The molecule has 1 amide bonds. The van der Waals surface area contributed by atoms with Crippen molar-refractivity contribution in [3.8, 4) is 11.5 Å². The lowest BCUT2D eigenvalue weighted by molar-refractivity contribution is -0.384. The van der Waals surface area contributed by atoms with Crippen LogP contribution >= 0.6 is 11.6 Å². The first-order chi connectivity index (χ1) is 13.7. The number of benzene rings is 2. The van der Waals surface area contributed by atoms with Crippen LogP contribution in [0.3, 0.4) is 0 Å². The first-order valence-electron chi connectivity index (χ1n) is 8.13. The van der Waals surface area contributed by atoms with E-state index in [1.807, 2.05) is 0 Å². The quantitative estimate of drug-likeness (QED) is 0.448. The predicted molar refractivity (Wildman–Crippen MR) is 106 cm³/mol. The second-order valence-corrected chi connectivity index (χ2v) is 7.81. The molecule has 0 heterocycles. The summed E-state index contributed by atoms with van der Waals surface area (Å²) < 4.78 is 36.9. The molecule has 0 atom stereocenters. The van der Waals surface area contributed by atoms with Crippen molar-refractivity contribution in [1.29, 1.82) is 0 Å². The lowest BCUT2D eigenvalue weighted by Crippen LogP contribution is -2.27. The molecule has 0 bridgehead atoms. The standard InChI is InChI=1S/C17H18ClN3O7S/c1-27-15-10-14(16(28-2)9-13(15)18)20-17(22)7-8-19-29(25,26)12-5-3-11(4-6-12)21(23)24/h3-6,9-10,19H,7-8H2,1-2H3,(H,20,22). The van der Waals surface area contributed by atoms with Crippen LogP contribution in [0.5, 0.6) is 11.5 Å². The minimum absolute atomic E-state index is 0.146. The number of hydrogen-bond donors (Lipinski definition) is 2. The van der Waals surface area contributed by atoms with Gasteiger partial charge in [0.1, 0.15) is 11.5 Å². The summed E-state index contributed by atoms with van der Waals surface area (Å²) in [6.45, 7) is -0.182. The minimum atomic E-state index is -3.92. The zero-order chi connectivity index (χ0) is 21.6. The van der Waals surface area contributed by atoms with Gasteiger partial charge in [0.25, 0.3) is 5.69 Å². The molecular weight excluding hydrogens is 426 g/mol. The van der Waals surface area contributed by atoms with Crippen molar-refractivity contribution in [2.24, 2.45) is 0 Å². The van der Waals surface area contributed by atoms with E-state index < -0.39 is 20.9 Å². The average Bonchev–Trinajstić information content (AvgIpc) is 2.68. The van der Waals surface area contributed by atoms with Crippen molar-refractivity contribution in [2.75, 3.05) is 26.1 Å². The Morgan fingerprint density at radius 2 is 1.76 bits per heavy atom. The summed E-state index contributed by atoms with van der Waals surface area (Å²) >= 11 is 6.00. The smallest absolute Gasteiger partial charge is 0.269 e. The van der Waals surface area contributed by atoms with Gasteiger partial charge in [-0.25, -0.2) is 13.1 Å². The highest BCUT2D eigenvalue weighted by atomic mass is 35.5. The Kier molecular flexibility index (Phi) is 7.37. The molecule has 0 saturated carbocycles. The third kappa shape index (κ3) is 5.79. The number of carbonyl (C=O) groups excluding carboxylic acids is 1. The largest absolute Gasteiger partial charge is 0.495 e. The lowest BCUT2D eigenvalue weighted by atomic mass is 10.2. The summed E-state index contributed by atoms with van der Waals surface area (Å²) in [6.07, 6.45) is -0.166. The topological polar surface area (TPSA) is 137 Å². The summed E-state index contributed by atoms with van der Waals surface area (Å²) in [5, 5.41) is 13.5. The molecule has 2 rings (SSSR count). The number of hydrogen-bond acceptors (Lipinski definition) is 7. The molecule has 0 aliphatic carbocycles. The second kappa shape index (κ2) is 9.54. The molecule has 2 aromatic rings. The number of amides is 1. The SMILES string of the molecule is COc1cc(NC(=O)CCNS(=O)(=O)c2ccc([N+](=O)[O-])cc2)c(OC)cc1Cl.